The molecule has 0 aromatic heterocycles. The van der Waals surface area contributed by atoms with Crippen LogP contribution in [0.4, 0.5) is 0 Å². The fourth-order valence-corrected chi connectivity index (χ4v) is 4.38. The third-order valence-corrected chi connectivity index (χ3v) is 10.7. The van der Waals surface area contributed by atoms with Crippen LogP contribution in [0, 0.1) is 0 Å². The first-order valence-corrected chi connectivity index (χ1v) is 12.7. The van der Waals surface area contributed by atoms with Crippen molar-refractivity contribution < 1.29 is 4.43 Å². The molecule has 1 fully saturated rings. The highest BCUT2D eigenvalue weighted by Gasteiger charge is 2.40. The van der Waals surface area contributed by atoms with Crippen LogP contribution >= 0.6 is 0 Å². The first-order valence-electron chi connectivity index (χ1n) is 9.79. The minimum absolute atomic E-state index is 0.238. The molecule has 3 rings (SSSR count). The quantitative estimate of drug-likeness (QED) is 0.564. The number of rotatable bonds is 6. The number of hydrogen-bond donors (Lipinski definition) is 0. The van der Waals surface area contributed by atoms with Crippen molar-refractivity contribution in [1.29, 1.82) is 0 Å². The van der Waals surface area contributed by atoms with Crippen LogP contribution in [0.1, 0.15) is 50.4 Å². The van der Waals surface area contributed by atoms with Gasteiger partial charge in [-0.3, -0.25) is 4.90 Å². The molecule has 0 amide bonds. The zero-order valence-corrected chi connectivity index (χ0v) is 17.9. The van der Waals surface area contributed by atoms with E-state index in [2.05, 4.69) is 99.4 Å². The highest BCUT2D eigenvalue weighted by molar-refractivity contribution is 6.74. The normalized spacial score (nSPS) is 19.8. The van der Waals surface area contributed by atoms with Gasteiger partial charge >= 0.3 is 0 Å². The molecule has 2 nitrogen and oxygen atoms in total. The Morgan fingerprint density at radius 1 is 1.00 bits per heavy atom. The van der Waals surface area contributed by atoms with Gasteiger partial charge in [-0.25, -0.2) is 0 Å². The molecule has 0 spiro atoms. The Morgan fingerprint density at radius 3 is 2.08 bits per heavy atom. The lowest BCUT2D eigenvalue weighted by molar-refractivity contribution is 0.0135. The van der Waals surface area contributed by atoms with Crippen LogP contribution in [0.15, 0.2) is 60.7 Å². The minimum atomic E-state index is -1.76. The maximum absolute atomic E-state index is 6.65. The maximum atomic E-state index is 6.65. The number of benzene rings is 2. The SMILES string of the molecule is CC(C)(C)[Si](C)(C)OC[C@@H](c1ccccc1)N1CC[C@@H]1c1ccccc1. The van der Waals surface area contributed by atoms with Crippen molar-refractivity contribution in [2.45, 2.75) is 57.4 Å². The van der Waals surface area contributed by atoms with E-state index < -0.39 is 8.32 Å². The summed E-state index contributed by atoms with van der Waals surface area (Å²) in [5.41, 5.74) is 2.79. The summed E-state index contributed by atoms with van der Waals surface area (Å²) in [6.45, 7) is 13.6. The van der Waals surface area contributed by atoms with Crippen molar-refractivity contribution in [3.05, 3.63) is 71.8 Å². The Morgan fingerprint density at radius 2 is 1.58 bits per heavy atom. The van der Waals surface area contributed by atoms with Crippen LogP contribution in [-0.2, 0) is 4.43 Å². The van der Waals surface area contributed by atoms with Crippen LogP contribution < -0.4 is 0 Å². The van der Waals surface area contributed by atoms with Crippen molar-refractivity contribution in [2.75, 3.05) is 13.2 Å². The Bertz CT molecular complexity index is 693. The molecule has 3 heteroatoms. The van der Waals surface area contributed by atoms with Gasteiger partial charge in [0, 0.05) is 12.6 Å². The van der Waals surface area contributed by atoms with Gasteiger partial charge in [-0.05, 0) is 35.7 Å². The van der Waals surface area contributed by atoms with Crippen LogP contribution in [0.25, 0.3) is 0 Å². The summed E-state index contributed by atoms with van der Waals surface area (Å²) in [4.78, 5) is 2.62. The molecule has 2 atom stereocenters. The molecule has 2 aromatic carbocycles. The Balaban J connectivity index is 1.81. The molecule has 26 heavy (non-hydrogen) atoms. The van der Waals surface area contributed by atoms with Gasteiger partial charge in [-0.2, -0.15) is 0 Å². The zero-order chi connectivity index (χ0) is 18.8. The minimum Gasteiger partial charge on any atom is -0.415 e. The molecule has 0 aliphatic carbocycles. The van der Waals surface area contributed by atoms with Gasteiger partial charge in [-0.1, -0.05) is 81.4 Å². The summed E-state index contributed by atoms with van der Waals surface area (Å²) in [6.07, 6.45) is 1.23. The van der Waals surface area contributed by atoms with Crippen molar-refractivity contribution >= 4 is 8.32 Å². The second-order valence-corrected chi connectivity index (χ2v) is 13.8. The molecule has 0 saturated carbocycles. The molecule has 1 saturated heterocycles. The standard InChI is InChI=1S/C23H33NOSi/c1-23(2,3)26(4,5)25-18-22(20-14-10-7-11-15-20)24-17-16-21(24)19-12-8-6-9-13-19/h6-15,21-22H,16-18H2,1-5H3/t21-,22+/m1/s1. The van der Waals surface area contributed by atoms with E-state index in [0.717, 1.165) is 13.2 Å². The average molecular weight is 368 g/mol. The molecular weight excluding hydrogens is 334 g/mol. The molecule has 0 N–H and O–H groups in total. The van der Waals surface area contributed by atoms with Crippen LogP contribution in [0.5, 0.6) is 0 Å². The van der Waals surface area contributed by atoms with Gasteiger partial charge in [0.1, 0.15) is 0 Å². The summed E-state index contributed by atoms with van der Waals surface area (Å²) in [5.74, 6) is 0. The number of hydrogen-bond acceptors (Lipinski definition) is 2. The van der Waals surface area contributed by atoms with E-state index in [1.54, 1.807) is 0 Å². The monoisotopic (exact) mass is 367 g/mol. The largest absolute Gasteiger partial charge is 0.415 e. The topological polar surface area (TPSA) is 12.5 Å². The molecular formula is C23H33NOSi. The van der Waals surface area contributed by atoms with Gasteiger partial charge in [-0.15, -0.1) is 0 Å². The fraction of sp³-hybridized carbons (Fsp3) is 0.478. The van der Waals surface area contributed by atoms with E-state index in [1.807, 2.05) is 0 Å². The Labute approximate surface area is 160 Å². The van der Waals surface area contributed by atoms with Gasteiger partial charge in [0.2, 0.25) is 0 Å². The molecule has 1 aliphatic rings. The first kappa shape index (κ1) is 19.3. The fourth-order valence-electron chi connectivity index (χ4n) is 3.38. The zero-order valence-electron chi connectivity index (χ0n) is 16.9. The third kappa shape index (κ3) is 4.11. The van der Waals surface area contributed by atoms with Gasteiger partial charge in [0.15, 0.2) is 8.32 Å². The third-order valence-electron chi connectivity index (χ3n) is 6.24. The molecule has 0 radical (unpaired) electrons. The summed E-state index contributed by atoms with van der Waals surface area (Å²) in [6, 6.07) is 22.6. The van der Waals surface area contributed by atoms with Gasteiger partial charge in [0.05, 0.1) is 12.6 Å². The predicted molar refractivity (Wildman–Crippen MR) is 113 cm³/mol. The maximum Gasteiger partial charge on any atom is 0.192 e. The lowest BCUT2D eigenvalue weighted by Crippen LogP contribution is -2.48. The van der Waals surface area contributed by atoms with E-state index in [9.17, 15) is 0 Å². The Hall–Kier alpha value is -1.42. The summed E-state index contributed by atoms with van der Waals surface area (Å²) < 4.78 is 6.65. The highest BCUT2D eigenvalue weighted by Crippen LogP contribution is 2.42. The first-order chi connectivity index (χ1) is 12.3. The second-order valence-electron chi connectivity index (χ2n) is 8.95. The average Bonchev–Trinajstić information content (AvgIpc) is 2.58. The van der Waals surface area contributed by atoms with Crippen LogP contribution in [0.3, 0.4) is 0 Å². The van der Waals surface area contributed by atoms with Gasteiger partial charge < -0.3 is 4.43 Å². The summed E-state index contributed by atoms with van der Waals surface area (Å²) in [5, 5.41) is 0.238. The lowest BCUT2D eigenvalue weighted by Gasteiger charge is -2.48. The van der Waals surface area contributed by atoms with E-state index in [0.29, 0.717) is 12.1 Å². The number of likely N-dealkylation sites (tertiary alicyclic amines) is 1. The molecule has 2 aromatic rings. The molecule has 0 bridgehead atoms. The highest BCUT2D eigenvalue weighted by atomic mass is 28.4. The van der Waals surface area contributed by atoms with Crippen molar-refractivity contribution in [3.8, 4) is 0 Å². The number of nitrogens with zero attached hydrogens (tertiary/aromatic N) is 1. The van der Waals surface area contributed by atoms with E-state index in [-0.39, 0.29) is 5.04 Å². The van der Waals surface area contributed by atoms with Gasteiger partial charge in [0.25, 0.3) is 0 Å². The molecule has 140 valence electrons. The van der Waals surface area contributed by atoms with Crippen molar-refractivity contribution in [2.24, 2.45) is 0 Å². The van der Waals surface area contributed by atoms with E-state index in [1.165, 1.54) is 17.5 Å². The second kappa shape index (κ2) is 7.67. The van der Waals surface area contributed by atoms with Crippen molar-refractivity contribution in [1.82, 2.24) is 4.90 Å². The summed E-state index contributed by atoms with van der Waals surface area (Å²) in [7, 11) is -1.76. The van der Waals surface area contributed by atoms with Crippen LogP contribution in [0.2, 0.25) is 18.1 Å². The smallest absolute Gasteiger partial charge is 0.192 e. The van der Waals surface area contributed by atoms with Crippen molar-refractivity contribution in [3.63, 3.8) is 0 Å². The summed E-state index contributed by atoms with van der Waals surface area (Å²) >= 11 is 0. The van der Waals surface area contributed by atoms with E-state index >= 15 is 0 Å². The lowest BCUT2D eigenvalue weighted by atomic mass is 9.90. The molecule has 1 aliphatic heterocycles. The van der Waals surface area contributed by atoms with Crippen LogP contribution in [-0.4, -0.2) is 26.4 Å². The Kier molecular flexibility index (Phi) is 5.71. The molecule has 0 unspecified atom stereocenters. The molecule has 1 heterocycles. The predicted octanol–water partition coefficient (Wildman–Crippen LogP) is 6.20. The van der Waals surface area contributed by atoms with E-state index in [4.69, 9.17) is 4.43 Å².